The molecule has 2 aromatic heterocycles. The molecule has 8 heteroatoms. The zero-order valence-corrected chi connectivity index (χ0v) is 16.6. The van der Waals surface area contributed by atoms with Gasteiger partial charge in [-0.05, 0) is 17.7 Å². The van der Waals surface area contributed by atoms with Crippen molar-refractivity contribution in [3.05, 3.63) is 59.9 Å². The van der Waals surface area contributed by atoms with E-state index in [2.05, 4.69) is 34.5 Å². The van der Waals surface area contributed by atoms with Crippen molar-refractivity contribution < 1.29 is 9.47 Å². The molecule has 27 heavy (non-hydrogen) atoms. The van der Waals surface area contributed by atoms with Gasteiger partial charge in [-0.25, -0.2) is 0 Å². The molecule has 2 heterocycles. The Hall–Kier alpha value is -2.58. The summed E-state index contributed by atoms with van der Waals surface area (Å²) in [5.41, 5.74) is 2.21. The van der Waals surface area contributed by atoms with Gasteiger partial charge in [-0.15, -0.1) is 22.0 Å². The Morgan fingerprint density at radius 3 is 2.63 bits per heavy atom. The lowest BCUT2D eigenvalue weighted by Gasteiger charge is -2.07. The number of fused-ring (bicyclic) bond motifs is 1. The van der Waals surface area contributed by atoms with Gasteiger partial charge in [-0.1, -0.05) is 41.7 Å². The van der Waals surface area contributed by atoms with Crippen molar-refractivity contribution in [1.29, 1.82) is 0 Å². The van der Waals surface area contributed by atoms with Crippen LogP contribution in [0.3, 0.4) is 0 Å². The number of thioether (sulfide) groups is 1. The number of hydrogen-bond donors (Lipinski definition) is 0. The number of methoxy groups -OCH3 is 2. The molecule has 0 aliphatic carbocycles. The lowest BCUT2D eigenvalue weighted by atomic mass is 10.2. The quantitative estimate of drug-likeness (QED) is 0.462. The number of hydrogen-bond acceptors (Lipinski definition) is 7. The van der Waals surface area contributed by atoms with Gasteiger partial charge < -0.3 is 9.47 Å². The van der Waals surface area contributed by atoms with E-state index < -0.39 is 0 Å². The summed E-state index contributed by atoms with van der Waals surface area (Å²) in [7, 11) is 3.28. The largest absolute Gasteiger partial charge is 0.497 e. The van der Waals surface area contributed by atoms with E-state index in [0.29, 0.717) is 0 Å². The van der Waals surface area contributed by atoms with Gasteiger partial charge in [0.15, 0.2) is 10.8 Å². The molecule has 0 N–H and O–H groups in total. The van der Waals surface area contributed by atoms with Crippen molar-refractivity contribution in [1.82, 2.24) is 19.8 Å². The fourth-order valence-corrected chi connectivity index (χ4v) is 4.45. The van der Waals surface area contributed by atoms with Crippen LogP contribution in [-0.2, 0) is 11.5 Å². The van der Waals surface area contributed by atoms with E-state index in [-0.39, 0.29) is 0 Å². The maximum absolute atomic E-state index is 5.50. The molecular weight excluding hydrogens is 380 g/mol. The third kappa shape index (κ3) is 3.77. The van der Waals surface area contributed by atoms with Gasteiger partial charge in [0.2, 0.25) is 4.96 Å². The molecule has 0 atom stereocenters. The SMILES string of the molecule is COc1ccc(-c2nn3c(CSCc4ccccc4)nnc3s2)c(OC)c1. The molecule has 4 aromatic rings. The molecule has 0 radical (unpaired) electrons. The average molecular weight is 399 g/mol. The van der Waals surface area contributed by atoms with Crippen molar-refractivity contribution >= 4 is 28.1 Å². The second kappa shape index (κ2) is 7.98. The van der Waals surface area contributed by atoms with Crippen LogP contribution >= 0.6 is 23.1 Å². The second-order valence-corrected chi connectivity index (χ2v) is 7.70. The van der Waals surface area contributed by atoms with E-state index in [9.17, 15) is 0 Å². The van der Waals surface area contributed by atoms with Crippen molar-refractivity contribution in [3.8, 4) is 22.1 Å². The van der Waals surface area contributed by atoms with Crippen LogP contribution in [-0.4, -0.2) is 34.0 Å². The summed E-state index contributed by atoms with van der Waals surface area (Å²) < 4.78 is 12.6. The summed E-state index contributed by atoms with van der Waals surface area (Å²) in [6.45, 7) is 0. The molecule has 6 nitrogen and oxygen atoms in total. The molecule has 2 aromatic carbocycles. The normalized spacial score (nSPS) is 11.0. The fraction of sp³-hybridized carbons (Fsp3) is 0.211. The first kappa shape index (κ1) is 17.8. The van der Waals surface area contributed by atoms with Gasteiger partial charge in [-0.2, -0.15) is 9.61 Å². The van der Waals surface area contributed by atoms with Gasteiger partial charge in [0.25, 0.3) is 0 Å². The minimum Gasteiger partial charge on any atom is -0.497 e. The maximum atomic E-state index is 5.50. The average Bonchev–Trinajstić information content (AvgIpc) is 3.30. The minimum atomic E-state index is 0.722. The standard InChI is InChI=1S/C19H18N4O2S2/c1-24-14-8-9-15(16(10-14)25-2)18-22-23-17(20-21-19(23)27-18)12-26-11-13-6-4-3-5-7-13/h3-10H,11-12H2,1-2H3. The molecule has 0 saturated heterocycles. The first-order chi connectivity index (χ1) is 13.3. The summed E-state index contributed by atoms with van der Waals surface area (Å²) in [6, 6.07) is 16.1. The third-order valence-electron chi connectivity index (χ3n) is 4.04. The van der Waals surface area contributed by atoms with Crippen LogP contribution in [0.5, 0.6) is 11.5 Å². The van der Waals surface area contributed by atoms with Crippen LogP contribution < -0.4 is 9.47 Å². The van der Waals surface area contributed by atoms with Crippen LogP contribution in [0.2, 0.25) is 0 Å². The third-order valence-corrected chi connectivity index (χ3v) is 5.97. The zero-order chi connectivity index (χ0) is 18.6. The predicted molar refractivity (Wildman–Crippen MR) is 109 cm³/mol. The summed E-state index contributed by atoms with van der Waals surface area (Å²) >= 11 is 3.29. The highest BCUT2D eigenvalue weighted by atomic mass is 32.2. The summed E-state index contributed by atoms with van der Waals surface area (Å²) in [5.74, 6) is 4.00. The number of rotatable bonds is 7. The molecule has 0 unspecified atom stereocenters. The maximum Gasteiger partial charge on any atom is 0.235 e. The number of aromatic nitrogens is 4. The van der Waals surface area contributed by atoms with Crippen LogP contribution in [0.4, 0.5) is 0 Å². The number of benzene rings is 2. The Morgan fingerprint density at radius 1 is 1.00 bits per heavy atom. The molecule has 0 aliphatic heterocycles. The van der Waals surface area contributed by atoms with E-state index in [1.54, 1.807) is 26.0 Å². The van der Waals surface area contributed by atoms with Gasteiger partial charge in [0, 0.05) is 11.8 Å². The van der Waals surface area contributed by atoms with Gasteiger partial charge >= 0.3 is 0 Å². The van der Waals surface area contributed by atoms with E-state index in [0.717, 1.165) is 44.4 Å². The van der Waals surface area contributed by atoms with Crippen molar-refractivity contribution in [2.75, 3.05) is 14.2 Å². The molecule has 4 rings (SSSR count). The van der Waals surface area contributed by atoms with Crippen molar-refractivity contribution in [2.45, 2.75) is 11.5 Å². The molecule has 0 aliphatic rings. The van der Waals surface area contributed by atoms with Gasteiger partial charge in [0.05, 0.1) is 25.5 Å². The van der Waals surface area contributed by atoms with Crippen LogP contribution in [0.1, 0.15) is 11.4 Å². The van der Waals surface area contributed by atoms with Crippen LogP contribution in [0.15, 0.2) is 48.5 Å². The first-order valence-corrected chi connectivity index (χ1v) is 10.3. The Morgan fingerprint density at radius 2 is 1.85 bits per heavy atom. The fourth-order valence-electron chi connectivity index (χ4n) is 2.67. The molecule has 0 bridgehead atoms. The van der Waals surface area contributed by atoms with Crippen molar-refractivity contribution in [3.63, 3.8) is 0 Å². The first-order valence-electron chi connectivity index (χ1n) is 8.33. The molecule has 0 fully saturated rings. The van der Waals surface area contributed by atoms with E-state index >= 15 is 0 Å². The highest BCUT2D eigenvalue weighted by molar-refractivity contribution is 7.97. The summed E-state index contributed by atoms with van der Waals surface area (Å²) in [4.78, 5) is 0.776. The van der Waals surface area contributed by atoms with E-state index in [4.69, 9.17) is 14.6 Å². The smallest absolute Gasteiger partial charge is 0.235 e. The Labute approximate surface area is 165 Å². The van der Waals surface area contributed by atoms with Gasteiger partial charge in [-0.3, -0.25) is 0 Å². The molecule has 138 valence electrons. The number of ether oxygens (including phenoxy) is 2. The van der Waals surface area contributed by atoms with E-state index in [1.807, 2.05) is 28.8 Å². The predicted octanol–water partition coefficient (Wildman–Crippen LogP) is 4.30. The minimum absolute atomic E-state index is 0.722. The lowest BCUT2D eigenvalue weighted by molar-refractivity contribution is 0.395. The monoisotopic (exact) mass is 398 g/mol. The van der Waals surface area contributed by atoms with Crippen LogP contribution in [0, 0.1) is 0 Å². The Bertz CT molecular complexity index is 1050. The Kier molecular flexibility index (Phi) is 5.26. The molecular formula is C19H18N4O2S2. The molecule has 0 spiro atoms. The Balaban J connectivity index is 1.55. The van der Waals surface area contributed by atoms with Crippen LogP contribution in [0.25, 0.3) is 15.5 Å². The van der Waals surface area contributed by atoms with Gasteiger partial charge in [0.1, 0.15) is 11.5 Å². The second-order valence-electron chi connectivity index (χ2n) is 5.76. The molecule has 0 amide bonds. The highest BCUT2D eigenvalue weighted by Gasteiger charge is 2.16. The summed E-state index contributed by atoms with van der Waals surface area (Å²) in [6.07, 6.45) is 0. The summed E-state index contributed by atoms with van der Waals surface area (Å²) in [5, 5.41) is 14.1. The van der Waals surface area contributed by atoms with Crippen molar-refractivity contribution in [2.24, 2.45) is 0 Å². The van der Waals surface area contributed by atoms with E-state index in [1.165, 1.54) is 16.9 Å². The topological polar surface area (TPSA) is 61.5 Å². The number of nitrogens with zero attached hydrogens (tertiary/aromatic N) is 4. The molecule has 0 saturated carbocycles. The highest BCUT2D eigenvalue weighted by Crippen LogP contribution is 2.35. The lowest BCUT2D eigenvalue weighted by Crippen LogP contribution is -1.95. The zero-order valence-electron chi connectivity index (χ0n) is 15.0.